The summed E-state index contributed by atoms with van der Waals surface area (Å²) in [4.78, 5) is 42.4. The Balaban J connectivity index is 1.88. The van der Waals surface area contributed by atoms with Crippen LogP contribution in [0.15, 0.2) is 72.8 Å². The summed E-state index contributed by atoms with van der Waals surface area (Å²) in [7, 11) is 3.10. The van der Waals surface area contributed by atoms with Gasteiger partial charge in [-0.05, 0) is 70.9 Å². The lowest BCUT2D eigenvalue weighted by atomic mass is 10.0. The lowest BCUT2D eigenvalue weighted by Crippen LogP contribution is -2.52. The van der Waals surface area contributed by atoms with Crippen LogP contribution in [0.4, 0.5) is 4.79 Å². The van der Waals surface area contributed by atoms with E-state index in [1.54, 1.807) is 32.1 Å². The fourth-order valence-corrected chi connectivity index (χ4v) is 5.56. The highest BCUT2D eigenvalue weighted by Gasteiger charge is 2.30. The highest BCUT2D eigenvalue weighted by molar-refractivity contribution is 5.88. The molecule has 3 N–H and O–H groups in total. The summed E-state index contributed by atoms with van der Waals surface area (Å²) in [5.41, 5.74) is 2.09. The van der Waals surface area contributed by atoms with Crippen LogP contribution in [0.3, 0.4) is 0 Å². The number of carbonyl (C=O) groups is 3. The molecule has 0 saturated carbocycles. The number of nitrogens with one attached hydrogen (secondary N) is 3. The molecule has 0 saturated heterocycles. The molecule has 4 amide bonds. The van der Waals surface area contributed by atoms with Crippen LogP contribution in [-0.2, 0) is 38.6 Å². The van der Waals surface area contributed by atoms with E-state index >= 15 is 0 Å². The summed E-state index contributed by atoms with van der Waals surface area (Å²) >= 11 is 0. The number of rotatable bonds is 20. The molecule has 0 aliphatic carbocycles. The summed E-state index contributed by atoms with van der Waals surface area (Å²) < 4.78 is 28.9. The van der Waals surface area contributed by atoms with Gasteiger partial charge in [-0.3, -0.25) is 9.59 Å². The molecule has 284 valence electrons. The van der Waals surface area contributed by atoms with Crippen LogP contribution in [0.1, 0.15) is 64.7 Å². The number of carbonyl (C=O) groups excluding carboxylic acids is 3. The predicted octanol–water partition coefficient (Wildman–Crippen LogP) is 5.61. The molecule has 0 spiro atoms. The van der Waals surface area contributed by atoms with Gasteiger partial charge >= 0.3 is 6.03 Å². The third kappa shape index (κ3) is 14.1. The molecule has 0 aliphatic rings. The number of methoxy groups -OCH3 is 2. The molecule has 3 aromatic carbocycles. The molecular weight excluding hydrogens is 664 g/mol. The fraction of sp³-hybridized carbons (Fsp3) is 0.475. The standard InChI is InChI=1S/C40H56N4O8/c1-9-50-36(51-10-2)27-44(26-31-17-14-18-34(48-7)37(31)49-8)38(46)33(24-29-19-21-32(22-20-29)52-40(4,5)6)43-35(45)23-28(3)42-39(47)41-25-30-15-12-11-13-16-30/h11-22,28,33,36H,9-10,23-27H2,1-8H3,(H,43,45)(H2,41,42,47). The maximum Gasteiger partial charge on any atom is 0.315 e. The van der Waals surface area contributed by atoms with Crippen LogP contribution in [-0.4, -0.2) is 80.7 Å². The first kappa shape index (κ1) is 41.6. The van der Waals surface area contributed by atoms with Gasteiger partial charge in [-0.2, -0.15) is 0 Å². The van der Waals surface area contributed by atoms with Crippen LogP contribution >= 0.6 is 0 Å². The van der Waals surface area contributed by atoms with E-state index in [-0.39, 0.29) is 37.4 Å². The van der Waals surface area contributed by atoms with E-state index in [0.717, 1.165) is 11.1 Å². The number of hydrogen-bond acceptors (Lipinski definition) is 8. The SMILES string of the molecule is CCOC(CN(Cc1cccc(OC)c1OC)C(=O)C(Cc1ccc(OC(C)(C)C)cc1)NC(=O)CC(C)NC(=O)NCc1ccccc1)OCC. The average Bonchev–Trinajstić information content (AvgIpc) is 3.10. The van der Waals surface area contributed by atoms with Gasteiger partial charge in [-0.25, -0.2) is 4.79 Å². The first-order chi connectivity index (χ1) is 24.8. The first-order valence-corrected chi connectivity index (χ1v) is 17.7. The minimum Gasteiger partial charge on any atom is -0.493 e. The Hall–Kier alpha value is -4.81. The molecular formula is C40H56N4O8. The second-order valence-corrected chi connectivity index (χ2v) is 13.3. The van der Waals surface area contributed by atoms with Crippen molar-refractivity contribution >= 4 is 17.8 Å². The molecule has 3 aromatic rings. The van der Waals surface area contributed by atoms with Crippen molar-refractivity contribution in [2.24, 2.45) is 0 Å². The van der Waals surface area contributed by atoms with Crippen molar-refractivity contribution in [3.05, 3.63) is 89.5 Å². The lowest BCUT2D eigenvalue weighted by molar-refractivity contribution is -0.161. The van der Waals surface area contributed by atoms with Crippen LogP contribution in [0.2, 0.25) is 0 Å². The zero-order valence-electron chi connectivity index (χ0n) is 31.8. The molecule has 12 nitrogen and oxygen atoms in total. The van der Waals surface area contributed by atoms with E-state index in [1.165, 1.54) is 0 Å². The van der Waals surface area contributed by atoms with Crippen molar-refractivity contribution in [1.82, 2.24) is 20.9 Å². The molecule has 0 aromatic heterocycles. The van der Waals surface area contributed by atoms with Crippen LogP contribution < -0.4 is 30.2 Å². The maximum atomic E-state index is 14.6. The van der Waals surface area contributed by atoms with E-state index < -0.39 is 30.3 Å². The fourth-order valence-electron chi connectivity index (χ4n) is 5.56. The Morgan fingerprint density at radius 1 is 0.808 bits per heavy atom. The number of benzene rings is 3. The lowest BCUT2D eigenvalue weighted by Gasteiger charge is -2.32. The Morgan fingerprint density at radius 3 is 2.08 bits per heavy atom. The van der Waals surface area contributed by atoms with Gasteiger partial charge in [0.1, 0.15) is 17.4 Å². The molecule has 2 atom stereocenters. The zero-order valence-corrected chi connectivity index (χ0v) is 31.8. The smallest absolute Gasteiger partial charge is 0.315 e. The number of hydrogen-bond donors (Lipinski definition) is 3. The Bertz CT molecular complexity index is 1540. The highest BCUT2D eigenvalue weighted by Crippen LogP contribution is 2.32. The van der Waals surface area contributed by atoms with Crippen molar-refractivity contribution in [1.29, 1.82) is 0 Å². The third-order valence-corrected chi connectivity index (χ3v) is 7.82. The number of para-hydroxylation sites is 1. The van der Waals surface area contributed by atoms with Gasteiger partial charge in [0.15, 0.2) is 17.8 Å². The molecule has 52 heavy (non-hydrogen) atoms. The molecule has 0 bridgehead atoms. The topological polar surface area (TPSA) is 137 Å². The Kier molecular flexibility index (Phi) is 16.7. The summed E-state index contributed by atoms with van der Waals surface area (Å²) in [5.74, 6) is 0.963. The largest absolute Gasteiger partial charge is 0.493 e. The Labute approximate surface area is 308 Å². The van der Waals surface area contributed by atoms with Crippen molar-refractivity contribution in [3.63, 3.8) is 0 Å². The molecule has 3 rings (SSSR count). The van der Waals surface area contributed by atoms with Gasteiger partial charge in [0.05, 0.1) is 20.8 Å². The van der Waals surface area contributed by atoms with E-state index in [0.29, 0.717) is 42.6 Å². The van der Waals surface area contributed by atoms with Crippen molar-refractivity contribution in [3.8, 4) is 17.2 Å². The van der Waals surface area contributed by atoms with E-state index in [4.69, 9.17) is 23.7 Å². The second kappa shape index (κ2) is 20.9. The molecule has 2 unspecified atom stereocenters. The van der Waals surface area contributed by atoms with Crippen molar-refractivity contribution < 1.29 is 38.1 Å². The summed E-state index contributed by atoms with van der Waals surface area (Å²) in [6.45, 7) is 12.7. The predicted molar refractivity (Wildman–Crippen MR) is 200 cm³/mol. The van der Waals surface area contributed by atoms with Gasteiger partial charge in [0, 0.05) is 50.8 Å². The third-order valence-electron chi connectivity index (χ3n) is 7.82. The molecule has 0 heterocycles. The van der Waals surface area contributed by atoms with Gasteiger partial charge in [0.25, 0.3) is 0 Å². The zero-order chi connectivity index (χ0) is 38.1. The van der Waals surface area contributed by atoms with Gasteiger partial charge in [-0.15, -0.1) is 0 Å². The summed E-state index contributed by atoms with van der Waals surface area (Å²) in [5, 5.41) is 8.59. The van der Waals surface area contributed by atoms with Gasteiger partial charge < -0.3 is 44.5 Å². The minimum atomic E-state index is -0.971. The highest BCUT2D eigenvalue weighted by atomic mass is 16.7. The van der Waals surface area contributed by atoms with Crippen molar-refractivity contribution in [2.45, 2.75) is 91.4 Å². The number of amides is 4. The number of urea groups is 1. The monoisotopic (exact) mass is 720 g/mol. The Morgan fingerprint density at radius 2 is 1.48 bits per heavy atom. The quantitative estimate of drug-likeness (QED) is 0.128. The first-order valence-electron chi connectivity index (χ1n) is 17.7. The molecule has 0 aliphatic heterocycles. The van der Waals surface area contributed by atoms with E-state index in [2.05, 4.69) is 16.0 Å². The summed E-state index contributed by atoms with van der Waals surface area (Å²) in [6, 6.07) is 20.6. The second-order valence-electron chi connectivity index (χ2n) is 13.3. The molecule has 12 heteroatoms. The average molecular weight is 721 g/mol. The number of ether oxygens (including phenoxy) is 5. The summed E-state index contributed by atoms with van der Waals surface area (Å²) in [6.07, 6.45) is -0.566. The molecule has 0 radical (unpaired) electrons. The van der Waals surface area contributed by atoms with Crippen LogP contribution in [0.25, 0.3) is 0 Å². The normalized spacial score (nSPS) is 12.4. The molecule has 0 fully saturated rings. The van der Waals surface area contributed by atoms with Crippen molar-refractivity contribution in [2.75, 3.05) is 34.0 Å². The van der Waals surface area contributed by atoms with E-state index in [1.807, 2.05) is 101 Å². The minimum absolute atomic E-state index is 0.0505. The van der Waals surface area contributed by atoms with Crippen LogP contribution in [0, 0.1) is 0 Å². The van der Waals surface area contributed by atoms with Gasteiger partial charge in [-0.1, -0.05) is 54.6 Å². The van der Waals surface area contributed by atoms with E-state index in [9.17, 15) is 14.4 Å². The van der Waals surface area contributed by atoms with Crippen LogP contribution in [0.5, 0.6) is 17.2 Å². The van der Waals surface area contributed by atoms with Gasteiger partial charge in [0.2, 0.25) is 11.8 Å². The maximum absolute atomic E-state index is 14.6. The number of nitrogens with zero attached hydrogens (tertiary/aromatic N) is 1.